The summed E-state index contributed by atoms with van der Waals surface area (Å²) in [6.07, 6.45) is 0. The van der Waals surface area contributed by atoms with Crippen molar-refractivity contribution in [1.82, 2.24) is 0 Å². The van der Waals surface area contributed by atoms with Gasteiger partial charge in [-0.2, -0.15) is 0 Å². The summed E-state index contributed by atoms with van der Waals surface area (Å²) in [6.45, 7) is 0. The third-order valence-electron chi connectivity index (χ3n) is 0. The molecule has 0 aromatic rings. The summed E-state index contributed by atoms with van der Waals surface area (Å²) in [7, 11) is -21.9. The zero-order chi connectivity index (χ0) is 17.9. The Balaban J connectivity index is -0.0000000331. The van der Waals surface area contributed by atoms with Crippen molar-refractivity contribution in [3.8, 4) is 0 Å². The molecule has 0 rings (SSSR count). The minimum absolute atomic E-state index is 0. The fraction of sp³-hybridized carbons (Fsp3) is 0. The van der Waals surface area contributed by atoms with Gasteiger partial charge in [0.25, 0.3) is 0 Å². The smallest absolute Gasteiger partial charge is 0 e. The van der Waals surface area contributed by atoms with Crippen molar-refractivity contribution in [2.75, 3.05) is 0 Å². The first-order valence-electron chi connectivity index (χ1n) is 2.83. The average Bonchev–Trinajstić information content (AvgIpc) is 1.94. The van der Waals surface area contributed by atoms with Gasteiger partial charge in [-0.1, -0.05) is 0 Å². The van der Waals surface area contributed by atoms with Gasteiger partial charge in [0.2, 0.25) is 0 Å². The Kier molecular flexibility index (Phi) is 60.7. The second kappa shape index (κ2) is 33.3. The standard InChI is InChI=1S/5F3HP.Fe/c5*1-4(2)3;/h5*4H;/q5*+1;. The van der Waals surface area contributed by atoms with E-state index in [0.29, 0.717) is 0 Å². The molecule has 0 amide bonds. The van der Waals surface area contributed by atoms with Crippen LogP contribution in [0.15, 0.2) is 0 Å². The normalized spacial score (nSPS) is 8.57. The molecule has 0 atom stereocenters. The molecule has 0 saturated heterocycles. The maximum atomic E-state index is 9.77. The van der Waals surface area contributed by atoms with Crippen molar-refractivity contribution in [3.05, 3.63) is 0 Å². The molecule has 0 radical (unpaired) electrons. The first kappa shape index (κ1) is 38.3. The molecular formula is H5F15FeP5+5. The van der Waals surface area contributed by atoms with Crippen LogP contribution in [-0.2, 0) is 17.1 Å². The molecular weight excluding hydrogens is 496 g/mol. The van der Waals surface area contributed by atoms with E-state index in [-0.39, 0.29) is 17.1 Å². The number of hydrogen-bond acceptors (Lipinski definition) is 0. The van der Waals surface area contributed by atoms with Gasteiger partial charge in [0.1, 0.15) is 0 Å². The van der Waals surface area contributed by atoms with E-state index >= 15 is 0 Å². The molecule has 0 N–H and O–H groups in total. The zero-order valence-corrected chi connectivity index (χ0v) is 14.6. The van der Waals surface area contributed by atoms with Crippen LogP contribution in [0, 0.1) is 0 Å². The Bertz CT molecular complexity index is 80.6. The Morgan fingerprint density at radius 3 is 0.238 bits per heavy atom. The summed E-state index contributed by atoms with van der Waals surface area (Å²) in [4.78, 5) is 0. The second-order valence-corrected chi connectivity index (χ2v) is 3.21. The van der Waals surface area contributed by atoms with Gasteiger partial charge in [0, 0.05) is 80.0 Å². The SMILES string of the molecule is F[PH+](F)F.F[PH+](F)F.F[PH+](F)F.F[PH+](F)F.F[PH+](F)F.[Fe]. The van der Waals surface area contributed by atoms with E-state index in [1.165, 1.54) is 0 Å². The molecule has 0 spiro atoms. The van der Waals surface area contributed by atoms with E-state index in [1.54, 1.807) is 0 Å². The van der Waals surface area contributed by atoms with E-state index in [9.17, 15) is 63.0 Å². The zero-order valence-electron chi connectivity index (χ0n) is 8.52. The summed E-state index contributed by atoms with van der Waals surface area (Å²) in [6, 6.07) is 0. The Morgan fingerprint density at radius 2 is 0.238 bits per heavy atom. The summed E-state index contributed by atoms with van der Waals surface area (Å²) in [5, 5.41) is 0. The predicted molar refractivity (Wildman–Crippen MR) is 58.2 cm³/mol. The summed E-state index contributed by atoms with van der Waals surface area (Å²) >= 11 is 0. The van der Waals surface area contributed by atoms with Gasteiger partial charge in [0.05, 0.1) is 0 Å². The molecule has 0 bridgehead atoms. The van der Waals surface area contributed by atoms with Crippen LogP contribution in [0.1, 0.15) is 0 Å². The van der Waals surface area contributed by atoms with Gasteiger partial charge in [-0.25, -0.2) is 0 Å². The molecule has 0 aliphatic heterocycles. The minimum Gasteiger partial charge on any atom is 0 e. The van der Waals surface area contributed by atoms with Crippen molar-refractivity contribution in [2.24, 2.45) is 0 Å². The van der Waals surface area contributed by atoms with E-state index < -0.39 is 44.3 Å². The van der Waals surface area contributed by atoms with Crippen molar-refractivity contribution in [3.63, 3.8) is 0 Å². The second-order valence-electron chi connectivity index (χ2n) is 1.07. The van der Waals surface area contributed by atoms with Gasteiger partial charge < -0.3 is 0 Å². The first-order valence-corrected chi connectivity index (χ1v) is 8.50. The molecule has 0 aliphatic carbocycles. The summed E-state index contributed by atoms with van der Waals surface area (Å²) in [5.41, 5.74) is 0. The van der Waals surface area contributed by atoms with Crippen LogP contribution in [0.25, 0.3) is 0 Å². The van der Waals surface area contributed by atoms with Crippen molar-refractivity contribution in [1.29, 1.82) is 0 Å². The van der Waals surface area contributed by atoms with Crippen molar-refractivity contribution in [2.45, 2.75) is 0 Å². The van der Waals surface area contributed by atoms with Crippen molar-refractivity contribution >= 4 is 44.3 Å². The van der Waals surface area contributed by atoms with Crippen LogP contribution in [0.2, 0.25) is 0 Å². The molecule has 21 heteroatoms. The Hall–Kier alpha value is 1.62. The molecule has 0 heterocycles. The van der Waals surface area contributed by atoms with E-state index in [2.05, 4.69) is 0 Å². The van der Waals surface area contributed by atoms with Crippen LogP contribution in [0.5, 0.6) is 0 Å². The quantitative estimate of drug-likeness (QED) is 0.177. The Morgan fingerprint density at radius 1 is 0.238 bits per heavy atom. The fourth-order valence-corrected chi connectivity index (χ4v) is 0. The largest absolute Gasteiger partial charge is 0.558 e. The van der Waals surface area contributed by atoms with Crippen LogP contribution < -0.4 is 0 Å². The molecule has 0 aliphatic rings. The topological polar surface area (TPSA) is 0 Å². The summed E-state index contributed by atoms with van der Waals surface area (Å²) in [5.74, 6) is 0. The Labute approximate surface area is 125 Å². The van der Waals surface area contributed by atoms with E-state index in [0.717, 1.165) is 0 Å². The van der Waals surface area contributed by atoms with Crippen LogP contribution in [0.3, 0.4) is 0 Å². The van der Waals surface area contributed by atoms with Crippen LogP contribution >= 0.6 is 44.3 Å². The molecule has 0 aromatic carbocycles. The summed E-state index contributed by atoms with van der Waals surface area (Å²) < 4.78 is 147. The number of halogens is 15. The van der Waals surface area contributed by atoms with E-state index in [1.807, 2.05) is 0 Å². The van der Waals surface area contributed by atoms with Crippen LogP contribution in [0.4, 0.5) is 63.0 Å². The van der Waals surface area contributed by atoms with E-state index in [4.69, 9.17) is 0 Å². The van der Waals surface area contributed by atoms with Gasteiger partial charge in [-0.3, -0.25) is 0 Å². The predicted octanol–water partition coefficient (Wildman–Crippen LogP) is 9.27. The molecule has 21 heavy (non-hydrogen) atoms. The maximum Gasteiger partial charge on any atom is 0.558 e. The average molecular weight is 501 g/mol. The third kappa shape index (κ3) is 3170. The first-order chi connectivity index (χ1) is 8.66. The molecule has 0 nitrogen and oxygen atoms in total. The van der Waals surface area contributed by atoms with Crippen molar-refractivity contribution < 1.29 is 80.0 Å². The number of hydrogen-bond donors (Lipinski definition) is 0. The minimum atomic E-state index is -4.38. The van der Waals surface area contributed by atoms with Gasteiger partial charge in [-0.05, 0) is 0 Å². The molecule has 0 unspecified atom stereocenters. The third-order valence-corrected chi connectivity index (χ3v) is 0. The monoisotopic (exact) mass is 501 g/mol. The number of rotatable bonds is 0. The molecule has 0 fully saturated rings. The van der Waals surface area contributed by atoms with Gasteiger partial charge in [0.15, 0.2) is 0 Å². The van der Waals surface area contributed by atoms with Gasteiger partial charge in [-0.15, -0.1) is 0 Å². The van der Waals surface area contributed by atoms with Crippen LogP contribution in [-0.4, -0.2) is 0 Å². The molecule has 138 valence electrons. The molecule has 0 saturated carbocycles. The fourth-order valence-electron chi connectivity index (χ4n) is 0. The maximum absolute atomic E-state index is 9.77. The molecule has 0 aromatic heterocycles. The van der Waals surface area contributed by atoms with Gasteiger partial charge >= 0.3 is 44.3 Å².